The van der Waals surface area contributed by atoms with Crippen molar-refractivity contribution in [2.24, 2.45) is 5.73 Å². The fraction of sp³-hybridized carbons (Fsp3) is 0.385. The van der Waals surface area contributed by atoms with E-state index in [2.05, 4.69) is 5.32 Å². The van der Waals surface area contributed by atoms with Crippen LogP contribution in [0.2, 0.25) is 0 Å². The van der Waals surface area contributed by atoms with Crippen molar-refractivity contribution >= 4 is 11.8 Å². The number of primary amides is 1. The lowest BCUT2D eigenvalue weighted by Crippen LogP contribution is -2.46. The van der Waals surface area contributed by atoms with E-state index in [0.29, 0.717) is 31.6 Å². The number of nitrogens with two attached hydrogens (primary N) is 1. The zero-order valence-corrected chi connectivity index (χ0v) is 11.0. The monoisotopic (exact) mass is 301 g/mol. The predicted octanol–water partition coefficient (Wildman–Crippen LogP) is 0.393. The van der Waals surface area contributed by atoms with Gasteiger partial charge in [-0.15, -0.1) is 0 Å². The van der Waals surface area contributed by atoms with Crippen LogP contribution in [0.15, 0.2) is 12.1 Å². The number of nitrogens with zero attached hydrogens (tertiary/aromatic N) is 1. The number of hydrogen-bond donors (Lipinski definition) is 2. The zero-order valence-electron chi connectivity index (χ0n) is 11.0. The summed E-state index contributed by atoms with van der Waals surface area (Å²) in [6.07, 6.45) is 0.588. The summed E-state index contributed by atoms with van der Waals surface area (Å²) in [5, 5.41) is 3.01. The summed E-state index contributed by atoms with van der Waals surface area (Å²) < 4.78 is 39.4. The van der Waals surface area contributed by atoms with Crippen molar-refractivity contribution < 1.29 is 22.8 Å². The van der Waals surface area contributed by atoms with E-state index >= 15 is 0 Å². The van der Waals surface area contributed by atoms with E-state index in [1.807, 2.05) is 0 Å². The maximum atomic E-state index is 13.2. The summed E-state index contributed by atoms with van der Waals surface area (Å²) in [6.45, 7) is 0.732. The van der Waals surface area contributed by atoms with Crippen LogP contribution in [0.3, 0.4) is 0 Å². The van der Waals surface area contributed by atoms with E-state index < -0.39 is 29.3 Å². The molecule has 0 bridgehead atoms. The molecule has 21 heavy (non-hydrogen) atoms. The number of carbonyl (C=O) groups is 2. The second kappa shape index (κ2) is 6.13. The first-order chi connectivity index (χ1) is 9.90. The minimum atomic E-state index is -1.64. The highest BCUT2D eigenvalue weighted by Crippen LogP contribution is 2.18. The van der Waals surface area contributed by atoms with Crippen LogP contribution in [0, 0.1) is 17.5 Å². The first kappa shape index (κ1) is 15.3. The Bertz CT molecular complexity index is 551. The Morgan fingerprint density at radius 3 is 2.38 bits per heavy atom. The first-order valence-corrected chi connectivity index (χ1v) is 6.34. The molecule has 0 radical (unpaired) electrons. The molecule has 5 nitrogen and oxygen atoms in total. The summed E-state index contributed by atoms with van der Waals surface area (Å²) in [6, 6.07) is 0.912. The fourth-order valence-electron chi connectivity index (χ4n) is 2.28. The van der Waals surface area contributed by atoms with Gasteiger partial charge in [-0.1, -0.05) is 0 Å². The van der Waals surface area contributed by atoms with Gasteiger partial charge < -0.3 is 16.0 Å². The van der Waals surface area contributed by atoms with Gasteiger partial charge in [0.05, 0.1) is 6.54 Å². The normalized spacial score (nSPS) is 17.8. The molecule has 1 fully saturated rings. The van der Waals surface area contributed by atoms with E-state index in [-0.39, 0.29) is 18.2 Å². The zero-order chi connectivity index (χ0) is 15.6. The topological polar surface area (TPSA) is 75.4 Å². The summed E-state index contributed by atoms with van der Waals surface area (Å²) in [5.74, 6) is -6.06. The van der Waals surface area contributed by atoms with Gasteiger partial charge in [0, 0.05) is 18.2 Å². The number of halogens is 3. The molecule has 1 aromatic carbocycles. The van der Waals surface area contributed by atoms with E-state index in [1.165, 1.54) is 0 Å². The van der Waals surface area contributed by atoms with Gasteiger partial charge >= 0.3 is 0 Å². The predicted molar refractivity (Wildman–Crippen MR) is 67.8 cm³/mol. The molecule has 1 saturated heterocycles. The van der Waals surface area contributed by atoms with Crippen LogP contribution < -0.4 is 11.1 Å². The summed E-state index contributed by atoms with van der Waals surface area (Å²) in [4.78, 5) is 24.6. The standard InChI is InChI=1S/C13H14F3N3O2/c14-9-3-7(4-10(15)12(9)16)13(21)19(6-11(17)20)8-1-2-18-5-8/h3-4,8,18H,1-2,5-6H2,(H2,17,20). The third-order valence-corrected chi connectivity index (χ3v) is 3.29. The van der Waals surface area contributed by atoms with Gasteiger partial charge in [-0.25, -0.2) is 13.2 Å². The number of hydrogen-bond acceptors (Lipinski definition) is 3. The molecule has 8 heteroatoms. The second-order valence-electron chi connectivity index (χ2n) is 4.80. The molecule has 0 aliphatic carbocycles. The lowest BCUT2D eigenvalue weighted by atomic mass is 10.1. The molecule has 2 amide bonds. The van der Waals surface area contributed by atoms with Crippen LogP contribution in [0.5, 0.6) is 0 Å². The lowest BCUT2D eigenvalue weighted by molar-refractivity contribution is -0.119. The molecule has 1 atom stereocenters. The number of rotatable bonds is 4. The van der Waals surface area contributed by atoms with E-state index in [1.54, 1.807) is 0 Å². The first-order valence-electron chi connectivity index (χ1n) is 6.34. The number of benzene rings is 1. The van der Waals surface area contributed by atoms with Gasteiger partial charge in [0.1, 0.15) is 0 Å². The molecular weight excluding hydrogens is 287 g/mol. The van der Waals surface area contributed by atoms with Gasteiger partial charge in [-0.05, 0) is 25.1 Å². The van der Waals surface area contributed by atoms with Crippen LogP contribution in [-0.4, -0.2) is 42.4 Å². The molecule has 0 saturated carbocycles. The molecule has 1 aliphatic heterocycles. The molecule has 1 unspecified atom stereocenters. The van der Waals surface area contributed by atoms with Gasteiger partial charge in [-0.2, -0.15) is 0 Å². The summed E-state index contributed by atoms with van der Waals surface area (Å²) in [5.41, 5.74) is 4.74. The van der Waals surface area contributed by atoms with Crippen molar-refractivity contribution in [3.05, 3.63) is 35.1 Å². The van der Waals surface area contributed by atoms with Crippen LogP contribution in [-0.2, 0) is 4.79 Å². The minimum absolute atomic E-state index is 0.304. The molecule has 0 spiro atoms. The van der Waals surface area contributed by atoms with E-state index in [9.17, 15) is 22.8 Å². The Hall–Kier alpha value is -2.09. The third-order valence-electron chi connectivity index (χ3n) is 3.29. The Morgan fingerprint density at radius 1 is 1.29 bits per heavy atom. The molecule has 1 aromatic rings. The third kappa shape index (κ3) is 3.33. The Balaban J connectivity index is 2.31. The van der Waals surface area contributed by atoms with Crippen molar-refractivity contribution in [3.63, 3.8) is 0 Å². The van der Waals surface area contributed by atoms with Crippen LogP contribution in [0.25, 0.3) is 0 Å². The Kier molecular flexibility index (Phi) is 4.46. The quantitative estimate of drug-likeness (QED) is 0.790. The van der Waals surface area contributed by atoms with Crippen molar-refractivity contribution in [3.8, 4) is 0 Å². The number of amides is 2. The maximum absolute atomic E-state index is 13.2. The SMILES string of the molecule is NC(=O)CN(C(=O)c1cc(F)c(F)c(F)c1)C1CCNC1. The molecule has 2 rings (SSSR count). The van der Waals surface area contributed by atoms with Gasteiger partial charge in [0.25, 0.3) is 5.91 Å². The molecule has 0 aromatic heterocycles. The minimum Gasteiger partial charge on any atom is -0.368 e. The average Bonchev–Trinajstić information content (AvgIpc) is 2.94. The second-order valence-corrected chi connectivity index (χ2v) is 4.80. The van der Waals surface area contributed by atoms with Gasteiger partial charge in [0.2, 0.25) is 5.91 Å². The van der Waals surface area contributed by atoms with Crippen molar-refractivity contribution in [1.29, 1.82) is 0 Å². The van der Waals surface area contributed by atoms with Crippen LogP contribution in [0.4, 0.5) is 13.2 Å². The molecule has 114 valence electrons. The number of nitrogens with one attached hydrogen (secondary N) is 1. The highest BCUT2D eigenvalue weighted by atomic mass is 19.2. The molecule has 1 heterocycles. The Morgan fingerprint density at radius 2 is 1.90 bits per heavy atom. The highest BCUT2D eigenvalue weighted by Gasteiger charge is 2.29. The van der Waals surface area contributed by atoms with E-state index in [4.69, 9.17) is 5.73 Å². The average molecular weight is 301 g/mol. The smallest absolute Gasteiger partial charge is 0.254 e. The lowest BCUT2D eigenvalue weighted by Gasteiger charge is -2.27. The molecular formula is C13H14F3N3O2. The van der Waals surface area contributed by atoms with Gasteiger partial charge in [0.15, 0.2) is 17.5 Å². The van der Waals surface area contributed by atoms with Crippen LogP contribution in [0.1, 0.15) is 16.8 Å². The molecule has 3 N–H and O–H groups in total. The van der Waals surface area contributed by atoms with Crippen LogP contribution >= 0.6 is 0 Å². The highest BCUT2D eigenvalue weighted by molar-refractivity contribution is 5.96. The van der Waals surface area contributed by atoms with Crippen molar-refractivity contribution in [2.75, 3.05) is 19.6 Å². The maximum Gasteiger partial charge on any atom is 0.254 e. The fourth-order valence-corrected chi connectivity index (χ4v) is 2.28. The Labute approximate surface area is 118 Å². The molecule has 1 aliphatic rings. The van der Waals surface area contributed by atoms with Crippen molar-refractivity contribution in [1.82, 2.24) is 10.2 Å². The van der Waals surface area contributed by atoms with Gasteiger partial charge in [-0.3, -0.25) is 9.59 Å². The van der Waals surface area contributed by atoms with Crippen molar-refractivity contribution in [2.45, 2.75) is 12.5 Å². The summed E-state index contributed by atoms with van der Waals surface area (Å²) in [7, 11) is 0. The van der Waals surface area contributed by atoms with E-state index in [0.717, 1.165) is 4.90 Å². The largest absolute Gasteiger partial charge is 0.368 e. The summed E-state index contributed by atoms with van der Waals surface area (Å²) >= 11 is 0. The number of carbonyl (C=O) groups excluding carboxylic acids is 2.